The molecule has 4 unspecified atom stereocenters. The molecule has 0 spiro atoms. The van der Waals surface area contributed by atoms with E-state index in [-0.39, 0.29) is 6.61 Å². The molecule has 0 bridgehead atoms. The van der Waals surface area contributed by atoms with Crippen molar-refractivity contribution in [2.75, 3.05) is 19.5 Å². The summed E-state index contributed by atoms with van der Waals surface area (Å²) >= 11 is 3.97. The largest absolute Gasteiger partial charge is 0.388 e. The Kier molecular flexibility index (Phi) is 8.40. The summed E-state index contributed by atoms with van der Waals surface area (Å²) in [6.45, 7) is 1.88. The third-order valence-corrected chi connectivity index (χ3v) is 2.40. The molecule has 0 aromatic heterocycles. The van der Waals surface area contributed by atoms with Crippen LogP contribution in [-0.4, -0.2) is 59.4 Å². The van der Waals surface area contributed by atoms with Crippen molar-refractivity contribution in [2.45, 2.75) is 37.9 Å². The third kappa shape index (κ3) is 5.70. The summed E-state index contributed by atoms with van der Waals surface area (Å²) in [4.78, 5) is 0. The van der Waals surface area contributed by atoms with Crippen molar-refractivity contribution in [3.05, 3.63) is 0 Å². The number of rotatable bonds is 8. The van der Waals surface area contributed by atoms with Crippen molar-refractivity contribution in [2.24, 2.45) is 0 Å². The van der Waals surface area contributed by atoms with Crippen LogP contribution in [0.2, 0.25) is 0 Å². The first-order valence-corrected chi connectivity index (χ1v) is 5.47. The lowest BCUT2D eigenvalue weighted by Gasteiger charge is -2.26. The number of ether oxygens (including phenoxy) is 2. The zero-order valence-corrected chi connectivity index (χ0v) is 9.93. The number of hydrogen-bond acceptors (Lipinski definition) is 6. The van der Waals surface area contributed by atoms with Gasteiger partial charge in [0.1, 0.15) is 12.2 Å². The quantitative estimate of drug-likeness (QED) is 0.259. The highest BCUT2D eigenvalue weighted by molar-refractivity contribution is 7.80. The van der Waals surface area contributed by atoms with Gasteiger partial charge in [-0.2, -0.15) is 12.6 Å². The lowest BCUT2D eigenvalue weighted by molar-refractivity contribution is -0.202. The summed E-state index contributed by atoms with van der Waals surface area (Å²) in [5, 5.41) is 28.3. The predicted molar refractivity (Wildman–Crippen MR) is 58.9 cm³/mol. The number of hydrogen-bond donors (Lipinski definition) is 4. The highest BCUT2D eigenvalue weighted by atomic mass is 32.1. The minimum atomic E-state index is -1.41. The first-order valence-electron chi connectivity index (χ1n) is 4.84. The molecular formula is C9H20O5S. The third-order valence-electron chi connectivity index (χ3n) is 2.09. The van der Waals surface area contributed by atoms with E-state index in [1.54, 1.807) is 6.92 Å². The molecule has 0 aromatic rings. The summed E-state index contributed by atoms with van der Waals surface area (Å²) in [5.74, 6) is 0.639. The van der Waals surface area contributed by atoms with Gasteiger partial charge in [0.25, 0.3) is 0 Å². The molecule has 0 saturated carbocycles. The molecule has 0 aliphatic rings. The molecule has 3 N–H and O–H groups in total. The molecule has 0 saturated heterocycles. The lowest BCUT2D eigenvalue weighted by atomic mass is 10.1. The van der Waals surface area contributed by atoms with Crippen molar-refractivity contribution in [3.63, 3.8) is 0 Å². The van der Waals surface area contributed by atoms with Crippen LogP contribution in [0.4, 0.5) is 0 Å². The van der Waals surface area contributed by atoms with E-state index < -0.39 is 24.6 Å². The Morgan fingerprint density at radius 3 is 2.27 bits per heavy atom. The summed E-state index contributed by atoms with van der Waals surface area (Å²) in [7, 11) is 1.41. The van der Waals surface area contributed by atoms with E-state index in [0.29, 0.717) is 12.2 Å². The number of thiol groups is 1. The van der Waals surface area contributed by atoms with Crippen LogP contribution < -0.4 is 0 Å². The van der Waals surface area contributed by atoms with Crippen LogP contribution in [0.15, 0.2) is 0 Å². The average Bonchev–Trinajstić information content (AvgIpc) is 2.26. The highest BCUT2D eigenvalue weighted by Crippen LogP contribution is 2.08. The van der Waals surface area contributed by atoms with E-state index in [1.165, 1.54) is 7.11 Å². The van der Waals surface area contributed by atoms with Crippen LogP contribution in [0.1, 0.15) is 13.3 Å². The molecule has 0 aliphatic carbocycles. The number of aliphatic hydroxyl groups excluding tert-OH is 3. The van der Waals surface area contributed by atoms with E-state index in [4.69, 9.17) is 9.47 Å². The molecule has 0 rings (SSSR count). The second-order valence-corrected chi connectivity index (χ2v) is 3.71. The van der Waals surface area contributed by atoms with Gasteiger partial charge in [0.2, 0.25) is 0 Å². The second-order valence-electron chi connectivity index (χ2n) is 3.26. The van der Waals surface area contributed by atoms with E-state index in [1.807, 2.05) is 0 Å². The predicted octanol–water partition coefficient (Wildman–Crippen LogP) is -0.602. The molecule has 0 radical (unpaired) electrons. The average molecular weight is 240 g/mol. The summed E-state index contributed by atoms with van der Waals surface area (Å²) in [5.41, 5.74) is 0. The van der Waals surface area contributed by atoms with Crippen molar-refractivity contribution in [1.29, 1.82) is 0 Å². The zero-order chi connectivity index (χ0) is 11.8. The Morgan fingerprint density at radius 1 is 1.20 bits per heavy atom. The molecule has 0 aliphatic heterocycles. The topological polar surface area (TPSA) is 79.2 Å². The molecular weight excluding hydrogens is 220 g/mol. The van der Waals surface area contributed by atoms with Gasteiger partial charge in [-0.1, -0.05) is 0 Å². The van der Waals surface area contributed by atoms with Crippen LogP contribution >= 0.6 is 12.6 Å². The second kappa shape index (κ2) is 8.32. The monoisotopic (exact) mass is 240 g/mol. The minimum Gasteiger partial charge on any atom is -0.388 e. The Morgan fingerprint density at radius 2 is 1.80 bits per heavy atom. The SMILES string of the molecule is COC(C)C(O)C(O)C(O)OCCCS. The smallest absolute Gasteiger partial charge is 0.183 e. The van der Waals surface area contributed by atoms with Gasteiger partial charge in [-0.3, -0.25) is 0 Å². The highest BCUT2D eigenvalue weighted by Gasteiger charge is 2.29. The standard InChI is InChI=1S/C9H20O5S/c1-6(13-2)7(10)8(11)9(12)14-4-3-5-15/h6-12,15H,3-5H2,1-2H3. The maximum Gasteiger partial charge on any atom is 0.183 e. The van der Waals surface area contributed by atoms with Gasteiger partial charge in [-0.25, -0.2) is 0 Å². The Hall–Kier alpha value is 0.150. The molecule has 0 fully saturated rings. The first-order chi connectivity index (χ1) is 7.04. The van der Waals surface area contributed by atoms with Gasteiger partial charge in [-0.15, -0.1) is 0 Å². The number of methoxy groups -OCH3 is 1. The summed E-state index contributed by atoms with van der Waals surface area (Å²) < 4.78 is 9.72. The van der Waals surface area contributed by atoms with Gasteiger partial charge in [0.15, 0.2) is 6.29 Å². The number of aliphatic hydroxyl groups is 3. The fraction of sp³-hybridized carbons (Fsp3) is 1.00. The molecule has 15 heavy (non-hydrogen) atoms. The van der Waals surface area contributed by atoms with E-state index >= 15 is 0 Å². The van der Waals surface area contributed by atoms with E-state index in [9.17, 15) is 15.3 Å². The van der Waals surface area contributed by atoms with Crippen LogP contribution in [0, 0.1) is 0 Å². The molecule has 0 heterocycles. The molecule has 92 valence electrons. The minimum absolute atomic E-state index is 0.288. The molecule has 5 nitrogen and oxygen atoms in total. The Labute approximate surface area is 95.4 Å². The van der Waals surface area contributed by atoms with Gasteiger partial charge >= 0.3 is 0 Å². The van der Waals surface area contributed by atoms with Crippen molar-refractivity contribution >= 4 is 12.6 Å². The van der Waals surface area contributed by atoms with Gasteiger partial charge < -0.3 is 24.8 Å². The van der Waals surface area contributed by atoms with Crippen molar-refractivity contribution in [3.8, 4) is 0 Å². The zero-order valence-electron chi connectivity index (χ0n) is 9.04. The maximum absolute atomic E-state index is 9.48. The summed E-state index contributed by atoms with van der Waals surface area (Å²) in [6, 6.07) is 0. The molecule has 0 aromatic carbocycles. The first kappa shape index (κ1) is 15.2. The van der Waals surface area contributed by atoms with Crippen molar-refractivity contribution < 1.29 is 24.8 Å². The van der Waals surface area contributed by atoms with Gasteiger partial charge in [0.05, 0.1) is 12.7 Å². The normalized spacial score (nSPS) is 19.6. The van der Waals surface area contributed by atoms with E-state index in [2.05, 4.69) is 12.6 Å². The molecule has 6 heteroatoms. The van der Waals surface area contributed by atoms with Gasteiger partial charge in [0, 0.05) is 7.11 Å². The van der Waals surface area contributed by atoms with Crippen molar-refractivity contribution in [1.82, 2.24) is 0 Å². The van der Waals surface area contributed by atoms with Crippen LogP contribution in [0.25, 0.3) is 0 Å². The Bertz CT molecular complexity index is 157. The van der Waals surface area contributed by atoms with Crippen LogP contribution in [0.5, 0.6) is 0 Å². The molecule has 0 amide bonds. The van der Waals surface area contributed by atoms with Gasteiger partial charge in [-0.05, 0) is 19.1 Å². The summed E-state index contributed by atoms with van der Waals surface area (Å²) in [6.07, 6.45) is -3.86. The Balaban J connectivity index is 3.90. The fourth-order valence-electron chi connectivity index (χ4n) is 0.953. The van der Waals surface area contributed by atoms with Crippen LogP contribution in [-0.2, 0) is 9.47 Å². The maximum atomic E-state index is 9.48. The molecule has 4 atom stereocenters. The van der Waals surface area contributed by atoms with E-state index in [0.717, 1.165) is 0 Å². The fourth-order valence-corrected chi connectivity index (χ4v) is 1.08. The lowest BCUT2D eigenvalue weighted by Crippen LogP contribution is -2.45. The van der Waals surface area contributed by atoms with Crippen LogP contribution in [0.3, 0.4) is 0 Å².